The van der Waals surface area contributed by atoms with Crippen LogP contribution in [0.25, 0.3) is 10.4 Å². The van der Waals surface area contributed by atoms with Gasteiger partial charge in [-0.2, -0.15) is 0 Å². The molecule has 0 saturated carbocycles. The van der Waals surface area contributed by atoms with E-state index in [1.165, 1.54) is 7.11 Å². The van der Waals surface area contributed by atoms with Gasteiger partial charge in [-0.3, -0.25) is 4.79 Å². The van der Waals surface area contributed by atoms with Crippen LogP contribution < -0.4 is 5.32 Å². The highest BCUT2D eigenvalue weighted by molar-refractivity contribution is 5.70. The number of alkyl carbamates (subject to hydrolysis) is 1. The minimum Gasteiger partial charge on any atom is -0.469 e. The molecule has 2 atom stereocenters. The molecule has 0 fully saturated rings. The summed E-state index contributed by atoms with van der Waals surface area (Å²) in [4.78, 5) is 26.1. The molecular formula is C14H26N4O4. The highest BCUT2D eigenvalue weighted by atomic mass is 16.6. The first-order chi connectivity index (χ1) is 10.1. The van der Waals surface area contributed by atoms with Crippen LogP contribution in [0.15, 0.2) is 5.11 Å². The fourth-order valence-electron chi connectivity index (χ4n) is 1.95. The zero-order valence-corrected chi connectivity index (χ0v) is 14.1. The summed E-state index contributed by atoms with van der Waals surface area (Å²) in [6.45, 7) is 9.15. The Labute approximate surface area is 131 Å². The van der Waals surface area contributed by atoms with Gasteiger partial charge in [0.25, 0.3) is 0 Å². The molecule has 0 heterocycles. The van der Waals surface area contributed by atoms with Crippen LogP contribution in [-0.4, -0.2) is 30.9 Å². The van der Waals surface area contributed by atoms with E-state index in [0.29, 0.717) is 6.42 Å². The van der Waals surface area contributed by atoms with Gasteiger partial charge in [-0.25, -0.2) is 4.79 Å². The molecule has 0 aliphatic heterocycles. The summed E-state index contributed by atoms with van der Waals surface area (Å²) in [6, 6.07) is 0. The minimum atomic E-state index is -0.874. The largest absolute Gasteiger partial charge is 0.469 e. The molecule has 1 N–H and O–H groups in total. The quantitative estimate of drug-likeness (QED) is 0.336. The summed E-state index contributed by atoms with van der Waals surface area (Å²) in [5.41, 5.74) is 8.04. The molecule has 8 nitrogen and oxygen atoms in total. The van der Waals surface area contributed by atoms with Crippen molar-refractivity contribution < 1.29 is 19.1 Å². The number of esters is 1. The molecule has 0 bridgehead atoms. The SMILES string of the molecule is COC(=O)CC(CC(C)C)C(N=[N+]=[N-])NC(=O)OC(C)(C)C. The van der Waals surface area contributed by atoms with E-state index in [4.69, 9.17) is 10.3 Å². The third kappa shape index (κ3) is 9.07. The number of nitrogens with zero attached hydrogens (tertiary/aromatic N) is 3. The average Bonchev–Trinajstić information content (AvgIpc) is 2.34. The molecule has 0 saturated heterocycles. The molecule has 8 heteroatoms. The van der Waals surface area contributed by atoms with Crippen molar-refractivity contribution in [2.24, 2.45) is 17.0 Å². The van der Waals surface area contributed by atoms with Gasteiger partial charge in [-0.05, 0) is 44.6 Å². The molecule has 0 rings (SSSR count). The van der Waals surface area contributed by atoms with E-state index in [9.17, 15) is 9.59 Å². The number of amides is 1. The first-order valence-corrected chi connectivity index (χ1v) is 7.19. The molecule has 0 spiro atoms. The number of carbonyl (C=O) groups excluding carboxylic acids is 2. The maximum atomic E-state index is 11.9. The number of methoxy groups -OCH3 is 1. The number of ether oxygens (including phenoxy) is 2. The van der Waals surface area contributed by atoms with Crippen molar-refractivity contribution in [3.05, 3.63) is 10.4 Å². The molecule has 0 aliphatic carbocycles. The minimum absolute atomic E-state index is 0.0498. The van der Waals surface area contributed by atoms with Crippen LogP contribution >= 0.6 is 0 Å². The third-order valence-corrected chi connectivity index (χ3v) is 2.72. The molecule has 2 unspecified atom stereocenters. The smallest absolute Gasteiger partial charge is 0.408 e. The summed E-state index contributed by atoms with van der Waals surface area (Å²) in [6.07, 6.45) is -0.923. The maximum Gasteiger partial charge on any atom is 0.408 e. The Morgan fingerprint density at radius 1 is 1.32 bits per heavy atom. The number of hydrogen-bond donors (Lipinski definition) is 1. The first kappa shape index (κ1) is 20.1. The number of carbonyl (C=O) groups is 2. The lowest BCUT2D eigenvalue weighted by molar-refractivity contribution is -0.142. The van der Waals surface area contributed by atoms with Gasteiger partial charge >= 0.3 is 12.1 Å². The van der Waals surface area contributed by atoms with Crippen LogP contribution in [0.5, 0.6) is 0 Å². The first-order valence-electron chi connectivity index (χ1n) is 7.19. The zero-order chi connectivity index (χ0) is 17.3. The molecule has 0 aliphatic rings. The Balaban J connectivity index is 5.06. The second-order valence-electron chi connectivity index (χ2n) is 6.47. The number of nitrogens with one attached hydrogen (secondary N) is 1. The van der Waals surface area contributed by atoms with Crippen LogP contribution in [0.2, 0.25) is 0 Å². The second-order valence-corrected chi connectivity index (χ2v) is 6.47. The Bertz CT molecular complexity index is 425. The summed E-state index contributed by atoms with van der Waals surface area (Å²) in [7, 11) is 1.29. The molecule has 22 heavy (non-hydrogen) atoms. The average molecular weight is 314 g/mol. The number of rotatable bonds is 7. The van der Waals surface area contributed by atoms with Crippen molar-refractivity contribution in [3.8, 4) is 0 Å². The Morgan fingerprint density at radius 3 is 2.32 bits per heavy atom. The molecular weight excluding hydrogens is 288 g/mol. The summed E-state index contributed by atoms with van der Waals surface area (Å²) in [5.74, 6) is -0.530. The van der Waals surface area contributed by atoms with Gasteiger partial charge in [0, 0.05) is 4.91 Å². The normalized spacial score (nSPS) is 13.8. The van der Waals surface area contributed by atoms with Crippen LogP contribution in [0.4, 0.5) is 4.79 Å². The van der Waals surface area contributed by atoms with Gasteiger partial charge in [-0.1, -0.05) is 19.0 Å². The lowest BCUT2D eigenvalue weighted by Crippen LogP contribution is -2.42. The predicted octanol–water partition coefficient (Wildman–Crippen LogP) is 3.37. The summed E-state index contributed by atoms with van der Waals surface area (Å²) >= 11 is 0. The topological polar surface area (TPSA) is 113 Å². The summed E-state index contributed by atoms with van der Waals surface area (Å²) in [5, 5.41) is 6.12. The lowest BCUT2D eigenvalue weighted by atomic mass is 9.91. The molecule has 0 aromatic heterocycles. The highest BCUT2D eigenvalue weighted by Crippen LogP contribution is 2.21. The van der Waals surface area contributed by atoms with E-state index < -0.39 is 23.8 Å². The number of azide groups is 1. The van der Waals surface area contributed by atoms with Gasteiger partial charge in [-0.15, -0.1) is 0 Å². The maximum absolute atomic E-state index is 11.9. The zero-order valence-electron chi connectivity index (χ0n) is 14.1. The Kier molecular flexibility index (Phi) is 8.34. The molecule has 0 radical (unpaired) electrons. The van der Waals surface area contributed by atoms with E-state index in [2.05, 4.69) is 20.1 Å². The third-order valence-electron chi connectivity index (χ3n) is 2.72. The molecule has 1 amide bonds. The van der Waals surface area contributed by atoms with Gasteiger partial charge in [0.2, 0.25) is 0 Å². The van der Waals surface area contributed by atoms with Crippen molar-refractivity contribution in [1.29, 1.82) is 0 Å². The lowest BCUT2D eigenvalue weighted by Gasteiger charge is -2.27. The van der Waals surface area contributed by atoms with Crippen molar-refractivity contribution in [2.45, 2.75) is 59.2 Å². The Hall–Kier alpha value is -1.95. The van der Waals surface area contributed by atoms with E-state index in [-0.39, 0.29) is 18.3 Å². The van der Waals surface area contributed by atoms with Crippen LogP contribution in [0.3, 0.4) is 0 Å². The van der Waals surface area contributed by atoms with Crippen LogP contribution in [-0.2, 0) is 14.3 Å². The van der Waals surface area contributed by atoms with Crippen molar-refractivity contribution >= 4 is 12.1 Å². The number of hydrogen-bond acceptors (Lipinski definition) is 5. The molecule has 126 valence electrons. The van der Waals surface area contributed by atoms with E-state index in [1.54, 1.807) is 20.8 Å². The van der Waals surface area contributed by atoms with Crippen LogP contribution in [0.1, 0.15) is 47.5 Å². The molecule has 0 aromatic carbocycles. The second kappa shape index (κ2) is 9.15. The standard InChI is InChI=1S/C14H26N4O4/c1-9(2)7-10(8-11(19)21-6)12(17-18-15)16-13(20)22-14(3,4)5/h9-10,12H,7-8H2,1-6H3,(H,16,20). The monoisotopic (exact) mass is 314 g/mol. The fourth-order valence-corrected chi connectivity index (χ4v) is 1.95. The highest BCUT2D eigenvalue weighted by Gasteiger charge is 2.28. The van der Waals surface area contributed by atoms with E-state index >= 15 is 0 Å². The Morgan fingerprint density at radius 2 is 1.91 bits per heavy atom. The predicted molar refractivity (Wildman–Crippen MR) is 81.9 cm³/mol. The van der Waals surface area contributed by atoms with E-state index in [0.717, 1.165) is 0 Å². The van der Waals surface area contributed by atoms with Gasteiger partial charge in [0.15, 0.2) is 0 Å². The summed E-state index contributed by atoms with van der Waals surface area (Å²) < 4.78 is 9.81. The fraction of sp³-hybridized carbons (Fsp3) is 0.857. The van der Waals surface area contributed by atoms with Crippen molar-refractivity contribution in [1.82, 2.24) is 5.32 Å². The van der Waals surface area contributed by atoms with Gasteiger partial charge in [0.1, 0.15) is 11.8 Å². The van der Waals surface area contributed by atoms with Crippen LogP contribution in [0, 0.1) is 11.8 Å². The van der Waals surface area contributed by atoms with Crippen molar-refractivity contribution in [2.75, 3.05) is 7.11 Å². The molecule has 0 aromatic rings. The van der Waals surface area contributed by atoms with E-state index in [1.807, 2.05) is 13.8 Å². The van der Waals surface area contributed by atoms with Crippen molar-refractivity contribution in [3.63, 3.8) is 0 Å². The van der Waals surface area contributed by atoms with Gasteiger partial charge in [0.05, 0.1) is 13.5 Å². The van der Waals surface area contributed by atoms with Gasteiger partial charge < -0.3 is 14.8 Å².